The molecule has 0 saturated carbocycles. The van der Waals surface area contributed by atoms with E-state index in [0.29, 0.717) is 5.82 Å². The van der Waals surface area contributed by atoms with Crippen LogP contribution in [0.4, 0.5) is 0 Å². The summed E-state index contributed by atoms with van der Waals surface area (Å²) in [6, 6.07) is 37.1. The lowest BCUT2D eigenvalue weighted by Crippen LogP contribution is -2.01. The molecule has 0 N–H and O–H groups in total. The average Bonchev–Trinajstić information content (AvgIpc) is 3.66. The lowest BCUT2D eigenvalue weighted by Gasteiger charge is -2.13. The molecule has 4 aromatic carbocycles. The van der Waals surface area contributed by atoms with E-state index in [1.165, 1.54) is 0 Å². The molecule has 0 spiro atoms. The van der Waals surface area contributed by atoms with E-state index >= 15 is 0 Å². The summed E-state index contributed by atoms with van der Waals surface area (Å²) in [5.41, 5.74) is 8.03. The molecule has 0 bridgehead atoms. The highest BCUT2D eigenvalue weighted by Gasteiger charge is 2.19. The van der Waals surface area contributed by atoms with Gasteiger partial charge < -0.3 is 4.42 Å². The molecule has 0 aliphatic rings. The number of benzene rings is 4. The second kappa shape index (κ2) is 10.6. The molecular formula is C41H27N5O. The monoisotopic (exact) mass is 605 g/mol. The van der Waals surface area contributed by atoms with Crippen LogP contribution in [0, 0.1) is 0 Å². The maximum Gasteiger partial charge on any atom is 0.160 e. The van der Waals surface area contributed by atoms with Crippen LogP contribution in [0.2, 0.25) is 0 Å². The molecule has 0 radical (unpaired) electrons. The molecule has 0 amide bonds. The summed E-state index contributed by atoms with van der Waals surface area (Å²) in [4.78, 5) is 20.5. The highest BCUT2D eigenvalue weighted by atomic mass is 16.3. The van der Waals surface area contributed by atoms with Crippen LogP contribution < -0.4 is 0 Å². The second-order valence-corrected chi connectivity index (χ2v) is 11.5. The number of aromatic nitrogens is 5. The quantitative estimate of drug-likeness (QED) is 0.183. The Labute approximate surface area is 270 Å². The van der Waals surface area contributed by atoms with Gasteiger partial charge in [-0.2, -0.15) is 0 Å². The Morgan fingerprint density at radius 3 is 2.40 bits per heavy atom. The number of rotatable bonds is 5. The molecule has 0 fully saturated rings. The molecule has 0 unspecified atom stereocenters. The molecule has 5 heterocycles. The molecule has 0 saturated heterocycles. The molecular weight excluding hydrogens is 578 g/mol. The van der Waals surface area contributed by atoms with E-state index in [-0.39, 0.29) is 0 Å². The summed E-state index contributed by atoms with van der Waals surface area (Å²) in [6.07, 6.45) is 7.66. The Hall–Kier alpha value is -6.40. The van der Waals surface area contributed by atoms with Crippen LogP contribution in [-0.2, 0) is 0 Å². The van der Waals surface area contributed by atoms with Crippen LogP contribution >= 0.6 is 0 Å². The van der Waals surface area contributed by atoms with Crippen molar-refractivity contribution < 1.29 is 4.42 Å². The molecule has 9 aromatic rings. The molecule has 0 aliphatic carbocycles. The Kier molecular flexibility index (Phi) is 6.08. The minimum absolute atomic E-state index is 0.638. The van der Waals surface area contributed by atoms with Crippen molar-refractivity contribution in [2.24, 2.45) is 0 Å². The SMILES string of the molecule is C=Cc1oc2ccc(-c3nc(-c4ccccc4)nc4c3ccc3ccc(-n5c6ccccc6c6cccnc65)nc34)cc2c1/C=C\C. The summed E-state index contributed by atoms with van der Waals surface area (Å²) < 4.78 is 8.25. The number of allylic oxidation sites excluding steroid dienone is 1. The van der Waals surface area contributed by atoms with Gasteiger partial charge in [0.15, 0.2) is 5.82 Å². The molecule has 6 heteroatoms. The summed E-state index contributed by atoms with van der Waals surface area (Å²) in [7, 11) is 0. The summed E-state index contributed by atoms with van der Waals surface area (Å²) in [5, 5.41) is 5.14. The number of fused-ring (bicyclic) bond motifs is 7. The zero-order valence-corrected chi connectivity index (χ0v) is 25.6. The predicted molar refractivity (Wildman–Crippen MR) is 192 cm³/mol. The van der Waals surface area contributed by atoms with Crippen molar-refractivity contribution in [1.29, 1.82) is 0 Å². The van der Waals surface area contributed by atoms with E-state index in [1.54, 1.807) is 6.08 Å². The minimum Gasteiger partial charge on any atom is -0.456 e. The Morgan fingerprint density at radius 1 is 0.702 bits per heavy atom. The number of nitrogens with zero attached hydrogens (tertiary/aromatic N) is 5. The van der Waals surface area contributed by atoms with Crippen LogP contribution in [0.1, 0.15) is 18.2 Å². The van der Waals surface area contributed by atoms with Crippen LogP contribution in [0.25, 0.3) is 95.3 Å². The van der Waals surface area contributed by atoms with Crippen LogP contribution in [0.3, 0.4) is 0 Å². The highest BCUT2D eigenvalue weighted by Crippen LogP contribution is 2.37. The van der Waals surface area contributed by atoms with E-state index in [2.05, 4.69) is 84.0 Å². The van der Waals surface area contributed by atoms with Gasteiger partial charge in [0.25, 0.3) is 0 Å². The first kappa shape index (κ1) is 27.0. The second-order valence-electron chi connectivity index (χ2n) is 11.5. The molecule has 6 nitrogen and oxygen atoms in total. The Morgan fingerprint density at radius 2 is 1.53 bits per heavy atom. The van der Waals surface area contributed by atoms with Crippen molar-refractivity contribution in [3.63, 3.8) is 0 Å². The van der Waals surface area contributed by atoms with Gasteiger partial charge in [-0.3, -0.25) is 4.57 Å². The topological polar surface area (TPSA) is 69.6 Å². The lowest BCUT2D eigenvalue weighted by atomic mass is 10.0. The molecule has 0 aliphatic heterocycles. The molecule has 0 atom stereocenters. The van der Waals surface area contributed by atoms with Crippen LogP contribution in [0.5, 0.6) is 0 Å². The van der Waals surface area contributed by atoms with Gasteiger partial charge in [0.1, 0.15) is 28.3 Å². The van der Waals surface area contributed by atoms with Crippen LogP contribution in [-0.4, -0.2) is 24.5 Å². The van der Waals surface area contributed by atoms with E-state index in [9.17, 15) is 0 Å². The van der Waals surface area contributed by atoms with Gasteiger partial charge in [-0.25, -0.2) is 19.9 Å². The molecule has 47 heavy (non-hydrogen) atoms. The van der Waals surface area contributed by atoms with Crippen molar-refractivity contribution in [3.8, 4) is 28.5 Å². The summed E-state index contributed by atoms with van der Waals surface area (Å²) in [6.45, 7) is 5.96. The fourth-order valence-corrected chi connectivity index (χ4v) is 6.63. The van der Waals surface area contributed by atoms with Gasteiger partial charge >= 0.3 is 0 Å². The van der Waals surface area contributed by atoms with Crippen LogP contribution in [0.15, 0.2) is 132 Å². The van der Waals surface area contributed by atoms with E-state index in [1.807, 2.05) is 61.7 Å². The fourth-order valence-electron chi connectivity index (χ4n) is 6.63. The average molecular weight is 606 g/mol. The van der Waals surface area contributed by atoms with Gasteiger partial charge in [-0.1, -0.05) is 73.3 Å². The molecule has 5 aromatic heterocycles. The van der Waals surface area contributed by atoms with Gasteiger partial charge in [-0.05, 0) is 67.6 Å². The van der Waals surface area contributed by atoms with Gasteiger partial charge in [-0.15, -0.1) is 0 Å². The van der Waals surface area contributed by atoms with Crippen molar-refractivity contribution >= 4 is 66.9 Å². The third-order valence-electron chi connectivity index (χ3n) is 8.75. The first-order chi connectivity index (χ1) is 23.2. The highest BCUT2D eigenvalue weighted by molar-refractivity contribution is 6.10. The molecule has 9 rings (SSSR count). The smallest absolute Gasteiger partial charge is 0.160 e. The number of pyridine rings is 2. The first-order valence-electron chi connectivity index (χ1n) is 15.6. The van der Waals surface area contributed by atoms with Crippen molar-refractivity contribution in [1.82, 2.24) is 24.5 Å². The lowest BCUT2D eigenvalue weighted by molar-refractivity contribution is 0.603. The van der Waals surface area contributed by atoms with Crippen molar-refractivity contribution in [2.75, 3.05) is 0 Å². The first-order valence-corrected chi connectivity index (χ1v) is 15.6. The van der Waals surface area contributed by atoms with Crippen molar-refractivity contribution in [3.05, 3.63) is 139 Å². The summed E-state index contributed by atoms with van der Waals surface area (Å²) >= 11 is 0. The molecule has 222 valence electrons. The number of hydrogen-bond donors (Lipinski definition) is 0. The minimum atomic E-state index is 0.638. The van der Waals surface area contributed by atoms with Gasteiger partial charge in [0.05, 0.1) is 16.7 Å². The maximum absolute atomic E-state index is 6.12. The largest absolute Gasteiger partial charge is 0.456 e. The third-order valence-corrected chi connectivity index (χ3v) is 8.75. The standard InChI is InChI=1S/C41H27N5O/c1-3-11-29-32-24-27(18-21-35(32)47-34(29)4-2)37-31-20-17-25-19-22-36(43-38(25)39(31)45-40(44-37)26-12-6-5-7-13-26)46-33-16-9-8-14-28(33)30-15-10-23-42-41(30)46/h3-24H,2H2,1H3/b11-3-. The van der Waals surface area contributed by atoms with E-state index in [0.717, 1.165) is 88.7 Å². The number of furan rings is 1. The van der Waals surface area contributed by atoms with Crippen molar-refractivity contribution in [2.45, 2.75) is 6.92 Å². The van der Waals surface area contributed by atoms with Gasteiger partial charge in [0.2, 0.25) is 0 Å². The zero-order chi connectivity index (χ0) is 31.5. The van der Waals surface area contributed by atoms with E-state index in [4.69, 9.17) is 24.4 Å². The number of para-hydroxylation sites is 1. The Balaban J connectivity index is 1.35. The summed E-state index contributed by atoms with van der Waals surface area (Å²) in [5.74, 6) is 2.17. The maximum atomic E-state index is 6.12. The number of hydrogen-bond acceptors (Lipinski definition) is 5. The van der Waals surface area contributed by atoms with Gasteiger partial charge in [0, 0.05) is 49.8 Å². The predicted octanol–water partition coefficient (Wildman–Crippen LogP) is 10.4. The normalized spacial score (nSPS) is 11.9. The Bertz CT molecular complexity index is 2660. The van der Waals surface area contributed by atoms with E-state index < -0.39 is 0 Å². The zero-order valence-electron chi connectivity index (χ0n) is 25.6. The third kappa shape index (κ3) is 4.19. The fraction of sp³-hybridized carbons (Fsp3) is 0.0244.